The van der Waals surface area contributed by atoms with E-state index in [0.717, 1.165) is 0 Å². The van der Waals surface area contributed by atoms with Gasteiger partial charge in [-0.2, -0.15) is 0 Å². The van der Waals surface area contributed by atoms with Gasteiger partial charge in [0.15, 0.2) is 11.5 Å². The number of carboxylic acid groups (broad SMARTS) is 1. The molecule has 1 aromatic rings. The molecule has 1 aliphatic heterocycles. The number of carbonyl (C=O) groups excluding carboxylic acids is 1. The molecule has 0 aromatic heterocycles. The Labute approximate surface area is 122 Å². The maximum Gasteiger partial charge on any atom is 0.329 e. The lowest BCUT2D eigenvalue weighted by molar-refractivity contribution is -0.148. The molecule has 1 saturated heterocycles. The van der Waals surface area contributed by atoms with E-state index in [4.69, 9.17) is 4.74 Å². The zero-order valence-corrected chi connectivity index (χ0v) is 12.1. The summed E-state index contributed by atoms with van der Waals surface area (Å²) < 4.78 is 4.99. The lowest BCUT2D eigenvalue weighted by atomic mass is 9.92. The number of rotatable bonds is 4. The third-order valence-electron chi connectivity index (χ3n) is 4.17. The van der Waals surface area contributed by atoms with Crippen LogP contribution in [0.4, 0.5) is 0 Å². The second kappa shape index (κ2) is 5.63. The number of phenolic OH excluding ortho intramolecular Hbond substituents is 1. The number of para-hydroxylation sites is 1. The normalized spacial score (nSPS) is 21.3. The largest absolute Gasteiger partial charge is 0.504 e. The number of amides is 1. The van der Waals surface area contributed by atoms with Gasteiger partial charge in [-0.15, -0.1) is 0 Å². The molecule has 0 saturated carbocycles. The average molecular weight is 293 g/mol. The van der Waals surface area contributed by atoms with Crippen molar-refractivity contribution in [1.82, 2.24) is 4.90 Å². The van der Waals surface area contributed by atoms with Crippen molar-refractivity contribution in [2.45, 2.75) is 31.7 Å². The Morgan fingerprint density at radius 2 is 2.14 bits per heavy atom. The Kier molecular flexibility index (Phi) is 4.06. The fourth-order valence-electron chi connectivity index (χ4n) is 2.92. The third-order valence-corrected chi connectivity index (χ3v) is 4.17. The molecule has 0 aliphatic carbocycles. The number of likely N-dealkylation sites (tertiary alicyclic amines) is 1. The maximum atomic E-state index is 12.7. The van der Waals surface area contributed by atoms with Crippen molar-refractivity contribution in [3.05, 3.63) is 23.8 Å². The summed E-state index contributed by atoms with van der Waals surface area (Å²) in [5, 5.41) is 19.6. The van der Waals surface area contributed by atoms with E-state index in [0.29, 0.717) is 25.8 Å². The second-order valence-electron chi connectivity index (χ2n) is 5.11. The van der Waals surface area contributed by atoms with Crippen molar-refractivity contribution in [1.29, 1.82) is 0 Å². The zero-order valence-electron chi connectivity index (χ0n) is 12.1. The highest BCUT2D eigenvalue weighted by atomic mass is 16.5. The number of phenols is 1. The predicted molar refractivity (Wildman–Crippen MR) is 75.6 cm³/mol. The number of aromatic hydroxyl groups is 1. The number of carboxylic acids is 1. The summed E-state index contributed by atoms with van der Waals surface area (Å²) in [5.74, 6) is -1.55. The molecule has 6 heteroatoms. The second-order valence-corrected chi connectivity index (χ2v) is 5.11. The molecule has 1 unspecified atom stereocenters. The van der Waals surface area contributed by atoms with Crippen LogP contribution in [-0.2, 0) is 4.79 Å². The molecule has 1 heterocycles. The summed E-state index contributed by atoms with van der Waals surface area (Å²) in [7, 11) is 1.40. The van der Waals surface area contributed by atoms with Gasteiger partial charge in [-0.1, -0.05) is 13.0 Å². The molecular formula is C15H19NO5. The van der Waals surface area contributed by atoms with Crippen molar-refractivity contribution in [3.63, 3.8) is 0 Å². The molecule has 1 fully saturated rings. The van der Waals surface area contributed by atoms with E-state index < -0.39 is 17.4 Å². The van der Waals surface area contributed by atoms with Crippen LogP contribution >= 0.6 is 0 Å². The lowest BCUT2D eigenvalue weighted by Gasteiger charge is -2.34. The number of carbonyl (C=O) groups is 2. The highest BCUT2D eigenvalue weighted by Crippen LogP contribution is 2.37. The zero-order chi connectivity index (χ0) is 15.6. The van der Waals surface area contributed by atoms with Crippen molar-refractivity contribution < 1.29 is 24.5 Å². The fourth-order valence-corrected chi connectivity index (χ4v) is 2.92. The minimum absolute atomic E-state index is 0.0651. The molecule has 6 nitrogen and oxygen atoms in total. The molecular weight excluding hydrogens is 274 g/mol. The van der Waals surface area contributed by atoms with E-state index in [-0.39, 0.29) is 17.1 Å². The molecule has 114 valence electrons. The van der Waals surface area contributed by atoms with Gasteiger partial charge < -0.3 is 19.8 Å². The first kappa shape index (κ1) is 15.2. The van der Waals surface area contributed by atoms with Gasteiger partial charge in [-0.25, -0.2) is 4.79 Å². The number of nitrogens with zero attached hydrogens (tertiary/aromatic N) is 1. The summed E-state index contributed by atoms with van der Waals surface area (Å²) in [5.41, 5.74) is -1.12. The summed E-state index contributed by atoms with van der Waals surface area (Å²) in [6.07, 6.45) is 1.39. The first-order valence-electron chi connectivity index (χ1n) is 6.89. The van der Waals surface area contributed by atoms with E-state index in [2.05, 4.69) is 0 Å². The van der Waals surface area contributed by atoms with Gasteiger partial charge in [-0.05, 0) is 31.4 Å². The van der Waals surface area contributed by atoms with Crippen LogP contribution in [-0.4, -0.2) is 46.2 Å². The van der Waals surface area contributed by atoms with E-state index in [9.17, 15) is 19.8 Å². The molecule has 0 bridgehead atoms. The maximum absolute atomic E-state index is 12.7. The van der Waals surface area contributed by atoms with Crippen LogP contribution < -0.4 is 4.74 Å². The summed E-state index contributed by atoms with van der Waals surface area (Å²) >= 11 is 0. The average Bonchev–Trinajstić information content (AvgIpc) is 2.92. The van der Waals surface area contributed by atoms with E-state index in [1.54, 1.807) is 19.1 Å². The monoisotopic (exact) mass is 293 g/mol. The van der Waals surface area contributed by atoms with Gasteiger partial charge in [0, 0.05) is 6.54 Å². The molecule has 2 N–H and O–H groups in total. The Bertz CT molecular complexity index is 571. The Balaban J connectivity index is 2.42. The van der Waals surface area contributed by atoms with Crippen LogP contribution in [0.2, 0.25) is 0 Å². The van der Waals surface area contributed by atoms with Crippen molar-refractivity contribution in [2.75, 3.05) is 13.7 Å². The van der Waals surface area contributed by atoms with E-state index in [1.807, 2.05) is 0 Å². The molecule has 1 atom stereocenters. The quantitative estimate of drug-likeness (QED) is 0.885. The van der Waals surface area contributed by atoms with Gasteiger partial charge in [0.25, 0.3) is 5.91 Å². The molecule has 1 aliphatic rings. The highest BCUT2D eigenvalue weighted by molar-refractivity contribution is 6.00. The van der Waals surface area contributed by atoms with Crippen LogP contribution in [0, 0.1) is 0 Å². The van der Waals surface area contributed by atoms with Gasteiger partial charge in [-0.3, -0.25) is 4.79 Å². The van der Waals surface area contributed by atoms with Crippen LogP contribution in [0.25, 0.3) is 0 Å². The van der Waals surface area contributed by atoms with Crippen molar-refractivity contribution in [2.24, 2.45) is 0 Å². The number of hydrogen-bond acceptors (Lipinski definition) is 4. The summed E-state index contributed by atoms with van der Waals surface area (Å²) in [6.45, 7) is 2.13. The minimum Gasteiger partial charge on any atom is -0.504 e. The number of ether oxygens (including phenoxy) is 1. The smallest absolute Gasteiger partial charge is 0.329 e. The molecule has 1 amide bonds. The van der Waals surface area contributed by atoms with Gasteiger partial charge in [0.1, 0.15) is 5.54 Å². The van der Waals surface area contributed by atoms with Gasteiger partial charge >= 0.3 is 5.97 Å². The minimum atomic E-state index is -1.19. The molecule has 2 rings (SSSR count). The highest BCUT2D eigenvalue weighted by Gasteiger charge is 2.49. The fraction of sp³-hybridized carbons (Fsp3) is 0.467. The molecule has 1 aromatic carbocycles. The standard InChI is InChI=1S/C15H19NO5/c1-3-15(14(19)20)8-5-9-16(15)13(18)10-6-4-7-11(21-2)12(10)17/h4,6-7,17H,3,5,8-9H2,1-2H3,(H,19,20). The molecule has 0 spiro atoms. The van der Waals surface area contributed by atoms with Crippen molar-refractivity contribution >= 4 is 11.9 Å². The first-order chi connectivity index (χ1) is 9.97. The van der Waals surface area contributed by atoms with Gasteiger partial charge in [0.05, 0.1) is 12.7 Å². The van der Waals surface area contributed by atoms with Crippen LogP contribution in [0.5, 0.6) is 11.5 Å². The Morgan fingerprint density at radius 1 is 1.43 bits per heavy atom. The lowest BCUT2D eigenvalue weighted by Crippen LogP contribution is -2.52. The summed E-state index contributed by atoms with van der Waals surface area (Å²) in [4.78, 5) is 25.6. The molecule has 21 heavy (non-hydrogen) atoms. The summed E-state index contributed by atoms with van der Waals surface area (Å²) in [6, 6.07) is 4.61. The van der Waals surface area contributed by atoms with Crippen molar-refractivity contribution in [3.8, 4) is 11.5 Å². The first-order valence-corrected chi connectivity index (χ1v) is 6.89. The molecule has 0 radical (unpaired) electrons. The van der Waals surface area contributed by atoms with Crippen LogP contribution in [0.1, 0.15) is 36.5 Å². The SMILES string of the molecule is CCC1(C(=O)O)CCCN1C(=O)c1cccc(OC)c1O. The number of methoxy groups -OCH3 is 1. The number of aliphatic carboxylic acids is 1. The van der Waals surface area contributed by atoms with Crippen LogP contribution in [0.3, 0.4) is 0 Å². The third kappa shape index (κ3) is 2.30. The Hall–Kier alpha value is -2.24. The topological polar surface area (TPSA) is 87.1 Å². The Morgan fingerprint density at radius 3 is 2.71 bits per heavy atom. The van der Waals surface area contributed by atoms with Crippen LogP contribution in [0.15, 0.2) is 18.2 Å². The van der Waals surface area contributed by atoms with E-state index >= 15 is 0 Å². The number of benzene rings is 1. The number of hydrogen-bond donors (Lipinski definition) is 2. The van der Waals surface area contributed by atoms with E-state index in [1.165, 1.54) is 18.1 Å². The van der Waals surface area contributed by atoms with Gasteiger partial charge in [0.2, 0.25) is 0 Å². The predicted octanol–water partition coefficient (Wildman–Crippen LogP) is 1.87.